The number of anilines is 1. The summed E-state index contributed by atoms with van der Waals surface area (Å²) in [6.07, 6.45) is 1.73. The molecule has 2 N–H and O–H groups in total. The molecule has 8 heteroatoms. The summed E-state index contributed by atoms with van der Waals surface area (Å²) >= 11 is 1.29. The number of nitrogens with zero attached hydrogens (tertiary/aromatic N) is 3. The maximum atomic E-state index is 12.4. The molecule has 31 heavy (non-hydrogen) atoms. The molecule has 0 aliphatic rings. The molecule has 0 saturated heterocycles. The lowest BCUT2D eigenvalue weighted by atomic mass is 10.1. The number of hydrogen-bond acceptors (Lipinski definition) is 5. The molecule has 2 aromatic carbocycles. The second kappa shape index (κ2) is 10.6. The minimum Gasteiger partial charge on any atom is -0.345 e. The van der Waals surface area contributed by atoms with Gasteiger partial charge in [0, 0.05) is 17.8 Å². The molecule has 3 aromatic rings. The van der Waals surface area contributed by atoms with E-state index in [9.17, 15) is 9.59 Å². The summed E-state index contributed by atoms with van der Waals surface area (Å²) in [6, 6.07) is 15.0. The number of benzene rings is 2. The van der Waals surface area contributed by atoms with Gasteiger partial charge in [0.15, 0.2) is 11.0 Å². The van der Waals surface area contributed by atoms with Crippen molar-refractivity contribution in [1.82, 2.24) is 20.1 Å². The van der Waals surface area contributed by atoms with Gasteiger partial charge in [0.05, 0.1) is 12.3 Å². The fourth-order valence-corrected chi connectivity index (χ4v) is 3.73. The van der Waals surface area contributed by atoms with Crippen LogP contribution in [0.1, 0.15) is 27.3 Å². The fraction of sp³-hybridized carbons (Fsp3) is 0.217. The SMILES string of the molecule is C=CCn1c(CNC(=O)c2cccc(C)c2)nnc1SCC(=O)Nc1cccc(C)c1. The van der Waals surface area contributed by atoms with Crippen molar-refractivity contribution in [3.8, 4) is 0 Å². The van der Waals surface area contributed by atoms with Crippen molar-refractivity contribution in [3.63, 3.8) is 0 Å². The van der Waals surface area contributed by atoms with Gasteiger partial charge in [-0.3, -0.25) is 9.59 Å². The zero-order valence-electron chi connectivity index (χ0n) is 17.6. The van der Waals surface area contributed by atoms with Crippen LogP contribution in [0.5, 0.6) is 0 Å². The van der Waals surface area contributed by atoms with Crippen LogP contribution in [0.25, 0.3) is 0 Å². The molecule has 0 bridgehead atoms. The topological polar surface area (TPSA) is 88.9 Å². The van der Waals surface area contributed by atoms with Crippen LogP contribution >= 0.6 is 11.8 Å². The maximum absolute atomic E-state index is 12.4. The molecular weight excluding hydrogens is 410 g/mol. The van der Waals surface area contributed by atoms with Crippen LogP contribution in [0.15, 0.2) is 66.3 Å². The molecule has 0 fully saturated rings. The molecule has 0 aliphatic heterocycles. The van der Waals surface area contributed by atoms with Crippen molar-refractivity contribution in [2.75, 3.05) is 11.1 Å². The van der Waals surface area contributed by atoms with Gasteiger partial charge in [-0.15, -0.1) is 16.8 Å². The number of amides is 2. The van der Waals surface area contributed by atoms with E-state index < -0.39 is 0 Å². The van der Waals surface area contributed by atoms with E-state index >= 15 is 0 Å². The Labute approximate surface area is 186 Å². The molecule has 1 heterocycles. The Bertz CT molecular complexity index is 1090. The lowest BCUT2D eigenvalue weighted by Crippen LogP contribution is -2.25. The number of hydrogen-bond donors (Lipinski definition) is 2. The monoisotopic (exact) mass is 435 g/mol. The van der Waals surface area contributed by atoms with E-state index in [0.29, 0.717) is 23.1 Å². The zero-order chi connectivity index (χ0) is 22.2. The van der Waals surface area contributed by atoms with Gasteiger partial charge in [0.1, 0.15) is 0 Å². The number of nitrogens with one attached hydrogen (secondary N) is 2. The van der Waals surface area contributed by atoms with Gasteiger partial charge in [-0.05, 0) is 43.7 Å². The first kappa shape index (κ1) is 22.3. The van der Waals surface area contributed by atoms with E-state index in [2.05, 4.69) is 27.4 Å². The van der Waals surface area contributed by atoms with Gasteiger partial charge in [-0.25, -0.2) is 0 Å². The molecule has 160 valence electrons. The number of carbonyl (C=O) groups is 2. The molecule has 0 saturated carbocycles. The summed E-state index contributed by atoms with van der Waals surface area (Å²) in [7, 11) is 0. The third-order valence-corrected chi connectivity index (χ3v) is 5.39. The number of thioether (sulfide) groups is 1. The lowest BCUT2D eigenvalue weighted by Gasteiger charge is -2.09. The summed E-state index contributed by atoms with van der Waals surface area (Å²) in [4.78, 5) is 24.7. The van der Waals surface area contributed by atoms with Crippen molar-refractivity contribution < 1.29 is 9.59 Å². The van der Waals surface area contributed by atoms with E-state index in [1.807, 2.05) is 60.9 Å². The minimum absolute atomic E-state index is 0.127. The molecular formula is C23H25N5O2S. The van der Waals surface area contributed by atoms with Crippen molar-refractivity contribution in [2.45, 2.75) is 32.1 Å². The molecule has 0 aliphatic carbocycles. The van der Waals surface area contributed by atoms with Crippen LogP contribution in [-0.2, 0) is 17.9 Å². The zero-order valence-corrected chi connectivity index (χ0v) is 18.4. The Kier molecular flexibility index (Phi) is 7.61. The van der Waals surface area contributed by atoms with Crippen molar-refractivity contribution in [1.29, 1.82) is 0 Å². The number of aromatic nitrogens is 3. The average Bonchev–Trinajstić information content (AvgIpc) is 3.12. The van der Waals surface area contributed by atoms with E-state index in [1.54, 1.807) is 12.1 Å². The Morgan fingerprint density at radius 2 is 1.84 bits per heavy atom. The molecule has 0 unspecified atom stereocenters. The van der Waals surface area contributed by atoms with E-state index in [-0.39, 0.29) is 24.1 Å². The molecule has 7 nitrogen and oxygen atoms in total. The van der Waals surface area contributed by atoms with Crippen molar-refractivity contribution in [3.05, 3.63) is 83.7 Å². The first-order valence-electron chi connectivity index (χ1n) is 9.83. The van der Waals surface area contributed by atoms with Gasteiger partial charge in [0.25, 0.3) is 5.91 Å². The molecule has 3 rings (SSSR count). The molecule has 0 radical (unpaired) electrons. The second-order valence-corrected chi connectivity index (χ2v) is 8.00. The number of rotatable bonds is 9. The Hall–Kier alpha value is -3.39. The van der Waals surface area contributed by atoms with Gasteiger partial charge >= 0.3 is 0 Å². The Balaban J connectivity index is 1.61. The summed E-state index contributed by atoms with van der Waals surface area (Å²) in [5.41, 5.74) is 3.45. The predicted octanol–water partition coefficient (Wildman–Crippen LogP) is 3.74. The maximum Gasteiger partial charge on any atom is 0.251 e. The third-order valence-electron chi connectivity index (χ3n) is 4.43. The van der Waals surface area contributed by atoms with Gasteiger partial charge in [-0.1, -0.05) is 47.7 Å². The van der Waals surface area contributed by atoms with Gasteiger partial charge in [-0.2, -0.15) is 0 Å². The first-order valence-corrected chi connectivity index (χ1v) is 10.8. The summed E-state index contributed by atoms with van der Waals surface area (Å²) in [5, 5.41) is 14.7. The quantitative estimate of drug-likeness (QED) is 0.395. The Morgan fingerprint density at radius 3 is 2.55 bits per heavy atom. The Morgan fingerprint density at radius 1 is 1.10 bits per heavy atom. The number of carbonyl (C=O) groups excluding carboxylic acids is 2. The van der Waals surface area contributed by atoms with Gasteiger partial charge in [0.2, 0.25) is 5.91 Å². The molecule has 0 spiro atoms. The van der Waals surface area contributed by atoms with Crippen LogP contribution in [0.3, 0.4) is 0 Å². The highest BCUT2D eigenvalue weighted by Gasteiger charge is 2.15. The molecule has 1 aromatic heterocycles. The van der Waals surface area contributed by atoms with Crippen molar-refractivity contribution in [2.24, 2.45) is 0 Å². The standard InChI is InChI=1S/C23H25N5O2S/c1-4-11-28-20(14-24-22(30)18-9-5-7-16(2)12-18)26-27-23(28)31-15-21(29)25-19-10-6-8-17(3)13-19/h4-10,12-13H,1,11,14-15H2,2-3H3,(H,24,30)(H,25,29). The molecule has 0 atom stereocenters. The number of allylic oxidation sites excluding steroid dienone is 1. The predicted molar refractivity (Wildman–Crippen MR) is 123 cm³/mol. The fourth-order valence-electron chi connectivity index (χ4n) is 2.97. The summed E-state index contributed by atoms with van der Waals surface area (Å²) in [5.74, 6) is 0.489. The van der Waals surface area contributed by atoms with Crippen LogP contribution in [0.4, 0.5) is 5.69 Å². The normalized spacial score (nSPS) is 10.5. The minimum atomic E-state index is -0.177. The van der Waals surface area contributed by atoms with Gasteiger partial charge < -0.3 is 15.2 Å². The lowest BCUT2D eigenvalue weighted by molar-refractivity contribution is -0.113. The average molecular weight is 436 g/mol. The highest BCUT2D eigenvalue weighted by Crippen LogP contribution is 2.18. The van der Waals surface area contributed by atoms with Crippen LogP contribution in [0, 0.1) is 13.8 Å². The summed E-state index contributed by atoms with van der Waals surface area (Å²) < 4.78 is 1.84. The summed E-state index contributed by atoms with van der Waals surface area (Å²) in [6.45, 7) is 8.39. The largest absolute Gasteiger partial charge is 0.345 e. The van der Waals surface area contributed by atoms with E-state index in [0.717, 1.165) is 16.8 Å². The molecule has 2 amide bonds. The van der Waals surface area contributed by atoms with Crippen LogP contribution in [-0.4, -0.2) is 32.3 Å². The van der Waals surface area contributed by atoms with E-state index in [4.69, 9.17) is 0 Å². The van der Waals surface area contributed by atoms with Crippen LogP contribution in [0.2, 0.25) is 0 Å². The van der Waals surface area contributed by atoms with Crippen LogP contribution < -0.4 is 10.6 Å². The van der Waals surface area contributed by atoms with Crippen molar-refractivity contribution >= 4 is 29.3 Å². The van der Waals surface area contributed by atoms with E-state index in [1.165, 1.54) is 11.8 Å². The first-order chi connectivity index (χ1) is 15.0. The third kappa shape index (κ3) is 6.29. The highest BCUT2D eigenvalue weighted by molar-refractivity contribution is 7.99. The smallest absolute Gasteiger partial charge is 0.251 e. The highest BCUT2D eigenvalue weighted by atomic mass is 32.2. The second-order valence-electron chi connectivity index (χ2n) is 7.06. The number of aryl methyl sites for hydroxylation is 2.